The molecular weight excluding hydrogens is 350 g/mol. The van der Waals surface area contributed by atoms with Crippen LogP contribution >= 0.6 is 23.4 Å². The number of H-pyrrole nitrogens is 2. The minimum Gasteiger partial charge on any atom is -0.336 e. The van der Waals surface area contributed by atoms with Gasteiger partial charge in [0.05, 0.1) is 0 Å². The van der Waals surface area contributed by atoms with E-state index in [1.807, 2.05) is 24.3 Å². The predicted molar refractivity (Wildman–Crippen MR) is 94.9 cm³/mol. The average Bonchev–Trinajstić information content (AvgIpc) is 2.79. The summed E-state index contributed by atoms with van der Waals surface area (Å²) in [6.07, 6.45) is 0.758. The second-order valence-electron chi connectivity index (χ2n) is 5.46. The van der Waals surface area contributed by atoms with E-state index in [1.165, 1.54) is 0 Å². The maximum Gasteiger partial charge on any atom is 0.326 e. The maximum absolute atomic E-state index is 12.5. The molecule has 1 aromatic heterocycles. The Bertz CT molecular complexity index is 836. The van der Waals surface area contributed by atoms with Crippen LogP contribution in [-0.4, -0.2) is 39.6 Å². The van der Waals surface area contributed by atoms with Crippen LogP contribution in [-0.2, 0) is 0 Å². The third kappa shape index (κ3) is 3.73. The molecular formula is C16H16ClN3O3S. The molecule has 1 aromatic carbocycles. The van der Waals surface area contributed by atoms with Gasteiger partial charge >= 0.3 is 5.69 Å². The fourth-order valence-electron chi connectivity index (χ4n) is 2.71. The first-order valence-electron chi connectivity index (χ1n) is 7.53. The Hall–Kier alpha value is -1.99. The summed E-state index contributed by atoms with van der Waals surface area (Å²) in [5, 5.41) is 0.948. The molecule has 126 valence electrons. The Morgan fingerprint density at radius 3 is 2.75 bits per heavy atom. The largest absolute Gasteiger partial charge is 0.336 e. The summed E-state index contributed by atoms with van der Waals surface area (Å²) in [6, 6.07) is 8.84. The van der Waals surface area contributed by atoms with Crippen LogP contribution in [0.4, 0.5) is 0 Å². The molecule has 1 aliphatic rings. The van der Waals surface area contributed by atoms with Gasteiger partial charge in [-0.25, -0.2) is 4.79 Å². The van der Waals surface area contributed by atoms with Gasteiger partial charge in [-0.3, -0.25) is 14.6 Å². The molecule has 0 radical (unpaired) electrons. The molecule has 1 aliphatic heterocycles. The van der Waals surface area contributed by atoms with Crippen molar-refractivity contribution in [3.63, 3.8) is 0 Å². The number of aromatic nitrogens is 2. The number of rotatable bonds is 2. The molecule has 0 unspecified atom stereocenters. The minimum absolute atomic E-state index is 0.0185. The number of carbonyl (C=O) groups is 1. The van der Waals surface area contributed by atoms with E-state index in [9.17, 15) is 14.4 Å². The van der Waals surface area contributed by atoms with Crippen molar-refractivity contribution in [2.24, 2.45) is 0 Å². The van der Waals surface area contributed by atoms with Gasteiger partial charge in [0.15, 0.2) is 0 Å². The quantitative estimate of drug-likeness (QED) is 0.852. The number of hydrogen-bond acceptors (Lipinski definition) is 4. The van der Waals surface area contributed by atoms with Gasteiger partial charge in [-0.1, -0.05) is 29.8 Å². The van der Waals surface area contributed by atoms with Crippen molar-refractivity contribution in [3.05, 3.63) is 67.4 Å². The van der Waals surface area contributed by atoms with Gasteiger partial charge in [0.1, 0.15) is 5.69 Å². The number of amides is 1. The summed E-state index contributed by atoms with van der Waals surface area (Å²) in [5.74, 6) is 0.424. The number of carbonyl (C=O) groups excluding carboxylic acids is 1. The molecule has 3 rings (SSSR count). The highest BCUT2D eigenvalue weighted by atomic mass is 35.5. The van der Waals surface area contributed by atoms with Gasteiger partial charge in [0.2, 0.25) is 0 Å². The lowest BCUT2D eigenvalue weighted by atomic mass is 10.1. The van der Waals surface area contributed by atoms with E-state index in [2.05, 4.69) is 9.97 Å². The smallest absolute Gasteiger partial charge is 0.326 e. The van der Waals surface area contributed by atoms with E-state index in [1.54, 1.807) is 16.7 Å². The summed E-state index contributed by atoms with van der Waals surface area (Å²) in [5.41, 5.74) is -0.169. The Kier molecular flexibility index (Phi) is 5.11. The van der Waals surface area contributed by atoms with Crippen LogP contribution in [0.25, 0.3) is 0 Å². The standard InChI is InChI=1S/C16H16ClN3O3S/c17-11-4-2-1-3-10(11)13-5-6-20(7-8-24-13)15(22)12-9-14(21)19-16(23)18-12/h1-4,9,13H,5-8H2,(H2,18,19,21,23)/t13-/m0/s1. The zero-order chi connectivity index (χ0) is 17.1. The van der Waals surface area contributed by atoms with Crippen LogP contribution in [0.3, 0.4) is 0 Å². The minimum atomic E-state index is -0.677. The molecule has 0 aliphatic carbocycles. The first kappa shape index (κ1) is 16.9. The summed E-state index contributed by atoms with van der Waals surface area (Å²) in [7, 11) is 0. The molecule has 8 heteroatoms. The molecule has 6 nitrogen and oxygen atoms in total. The lowest BCUT2D eigenvalue weighted by Crippen LogP contribution is -2.36. The molecule has 2 N–H and O–H groups in total. The van der Waals surface area contributed by atoms with Gasteiger partial charge in [0, 0.05) is 35.2 Å². The Labute approximate surface area is 147 Å². The molecule has 0 saturated carbocycles. The number of halogens is 1. The third-order valence-corrected chi connectivity index (χ3v) is 5.53. The van der Waals surface area contributed by atoms with E-state index < -0.39 is 11.2 Å². The SMILES string of the molecule is O=C(c1cc(=O)[nH]c(=O)[nH]1)N1CCS[C@H](c2ccccc2Cl)CC1. The first-order chi connectivity index (χ1) is 11.5. The highest BCUT2D eigenvalue weighted by Gasteiger charge is 2.24. The molecule has 1 fully saturated rings. The highest BCUT2D eigenvalue weighted by Crippen LogP contribution is 2.37. The van der Waals surface area contributed by atoms with E-state index in [0.717, 1.165) is 28.8 Å². The van der Waals surface area contributed by atoms with Gasteiger partial charge in [-0.05, 0) is 18.1 Å². The number of nitrogens with zero attached hydrogens (tertiary/aromatic N) is 1. The Morgan fingerprint density at radius 1 is 1.21 bits per heavy atom. The van der Waals surface area contributed by atoms with Crippen molar-refractivity contribution < 1.29 is 4.79 Å². The van der Waals surface area contributed by atoms with E-state index in [-0.39, 0.29) is 16.9 Å². The van der Waals surface area contributed by atoms with Crippen molar-refractivity contribution in [2.75, 3.05) is 18.8 Å². The number of thioether (sulfide) groups is 1. The normalized spacial score (nSPS) is 18.2. The molecule has 24 heavy (non-hydrogen) atoms. The number of hydrogen-bond donors (Lipinski definition) is 2. The number of benzene rings is 1. The summed E-state index contributed by atoms with van der Waals surface area (Å²) >= 11 is 8.02. The average molecular weight is 366 g/mol. The van der Waals surface area contributed by atoms with Crippen LogP contribution < -0.4 is 11.2 Å². The topological polar surface area (TPSA) is 86.0 Å². The third-order valence-electron chi connectivity index (χ3n) is 3.87. The molecule has 0 spiro atoms. The Morgan fingerprint density at radius 2 is 2.00 bits per heavy atom. The molecule has 2 aromatic rings. The van der Waals surface area contributed by atoms with Gasteiger partial charge in [-0.15, -0.1) is 0 Å². The summed E-state index contributed by atoms with van der Waals surface area (Å²) in [6.45, 7) is 1.09. The first-order valence-corrected chi connectivity index (χ1v) is 8.96. The fraction of sp³-hybridized carbons (Fsp3) is 0.312. The van der Waals surface area contributed by atoms with Crippen molar-refractivity contribution in [3.8, 4) is 0 Å². The van der Waals surface area contributed by atoms with Gasteiger partial charge < -0.3 is 9.88 Å². The van der Waals surface area contributed by atoms with Crippen LogP contribution in [0.15, 0.2) is 39.9 Å². The predicted octanol–water partition coefficient (Wildman–Crippen LogP) is 2.04. The van der Waals surface area contributed by atoms with E-state index >= 15 is 0 Å². The molecule has 1 saturated heterocycles. The van der Waals surface area contributed by atoms with Crippen LogP contribution in [0.1, 0.15) is 27.7 Å². The maximum atomic E-state index is 12.5. The van der Waals surface area contributed by atoms with Crippen LogP contribution in [0, 0.1) is 0 Å². The summed E-state index contributed by atoms with van der Waals surface area (Å²) < 4.78 is 0. The van der Waals surface area contributed by atoms with Crippen LogP contribution in [0.2, 0.25) is 5.02 Å². The molecule has 1 atom stereocenters. The van der Waals surface area contributed by atoms with Crippen LogP contribution in [0.5, 0.6) is 0 Å². The van der Waals surface area contributed by atoms with Crippen molar-refractivity contribution in [1.29, 1.82) is 0 Å². The van der Waals surface area contributed by atoms with Gasteiger partial charge in [0.25, 0.3) is 11.5 Å². The fourth-order valence-corrected chi connectivity index (χ4v) is 4.31. The molecule has 0 bridgehead atoms. The molecule has 2 heterocycles. The van der Waals surface area contributed by atoms with Crippen molar-refractivity contribution in [1.82, 2.24) is 14.9 Å². The lowest BCUT2D eigenvalue weighted by Gasteiger charge is -2.20. The molecule has 1 amide bonds. The zero-order valence-corrected chi connectivity index (χ0v) is 14.3. The van der Waals surface area contributed by atoms with Gasteiger partial charge in [-0.2, -0.15) is 11.8 Å². The number of nitrogens with one attached hydrogen (secondary N) is 2. The second-order valence-corrected chi connectivity index (χ2v) is 7.18. The lowest BCUT2D eigenvalue weighted by molar-refractivity contribution is 0.0760. The second kappa shape index (κ2) is 7.27. The number of aromatic amines is 2. The summed E-state index contributed by atoms with van der Waals surface area (Å²) in [4.78, 5) is 41.4. The zero-order valence-electron chi connectivity index (χ0n) is 12.8. The monoisotopic (exact) mass is 365 g/mol. The Balaban J connectivity index is 1.76. The van der Waals surface area contributed by atoms with Crippen molar-refractivity contribution >= 4 is 29.3 Å². The van der Waals surface area contributed by atoms with E-state index in [0.29, 0.717) is 13.1 Å². The highest BCUT2D eigenvalue weighted by molar-refractivity contribution is 7.99. The van der Waals surface area contributed by atoms with E-state index in [4.69, 9.17) is 11.6 Å². The van der Waals surface area contributed by atoms with Crippen molar-refractivity contribution in [2.45, 2.75) is 11.7 Å².